The molecule has 1 saturated heterocycles. The number of hydrogen-bond donors (Lipinski definition) is 3. The Kier molecular flexibility index (Phi) is 3.02. The minimum Gasteiger partial charge on any atom is -0.464 e. The van der Waals surface area contributed by atoms with Crippen LogP contribution in [0, 0.1) is 0 Å². The summed E-state index contributed by atoms with van der Waals surface area (Å²) >= 11 is 0. The average molecular weight is 268 g/mol. The van der Waals surface area contributed by atoms with Gasteiger partial charge in [-0.15, -0.1) is 0 Å². The summed E-state index contributed by atoms with van der Waals surface area (Å²) < 4.78 is 0. The highest BCUT2D eigenvalue weighted by Crippen LogP contribution is 2.17. The van der Waals surface area contributed by atoms with Crippen molar-refractivity contribution in [1.29, 1.82) is 0 Å². The van der Waals surface area contributed by atoms with Gasteiger partial charge in [0.1, 0.15) is 18.1 Å². The molecule has 10 heteroatoms. The van der Waals surface area contributed by atoms with Crippen LogP contribution < -0.4 is 11.2 Å². The quantitative estimate of drug-likeness (QED) is 0.408. The molecule has 1 unspecified atom stereocenters. The van der Waals surface area contributed by atoms with Gasteiger partial charge in [-0.25, -0.2) is 15.0 Å². The molecular formula is C9H8N4O6. The Hall–Kier alpha value is -2.72. The van der Waals surface area contributed by atoms with Gasteiger partial charge in [0.2, 0.25) is 11.6 Å². The van der Waals surface area contributed by atoms with Gasteiger partial charge in [-0.3, -0.25) is 9.59 Å². The van der Waals surface area contributed by atoms with Crippen LogP contribution in [0.1, 0.15) is 0 Å². The molecule has 1 aliphatic carbocycles. The first-order chi connectivity index (χ1) is 8.91. The molecular weight excluding hydrogens is 260 g/mol. The molecule has 0 bridgehead atoms. The highest BCUT2D eigenvalue weighted by atomic mass is 16.8. The average Bonchev–Trinajstić information content (AvgIpc) is 3.12. The van der Waals surface area contributed by atoms with Crippen LogP contribution in [0.3, 0.4) is 0 Å². The molecule has 1 atom stereocenters. The van der Waals surface area contributed by atoms with E-state index < -0.39 is 35.1 Å². The van der Waals surface area contributed by atoms with Crippen molar-refractivity contribution >= 4 is 23.8 Å². The van der Waals surface area contributed by atoms with E-state index >= 15 is 0 Å². The molecule has 0 spiro atoms. The lowest BCUT2D eigenvalue weighted by molar-refractivity contribution is -0.116. The lowest BCUT2D eigenvalue weighted by atomic mass is 10.1. The smallest absolute Gasteiger partial charge is 0.444 e. The van der Waals surface area contributed by atoms with E-state index in [1.807, 2.05) is 0 Å². The highest BCUT2D eigenvalue weighted by Gasteiger charge is 2.37. The third-order valence-electron chi connectivity index (χ3n) is 2.21. The van der Waals surface area contributed by atoms with Gasteiger partial charge in [-0.05, 0) is 12.2 Å². The summed E-state index contributed by atoms with van der Waals surface area (Å²) in [4.78, 5) is 50.1. The second kappa shape index (κ2) is 4.51. The van der Waals surface area contributed by atoms with Crippen LogP contribution in [0.4, 0.5) is 9.59 Å². The van der Waals surface area contributed by atoms with Gasteiger partial charge in [0.15, 0.2) is 0 Å². The largest absolute Gasteiger partial charge is 0.464 e. The first-order valence-corrected chi connectivity index (χ1v) is 4.94. The molecule has 19 heavy (non-hydrogen) atoms. The Labute approximate surface area is 105 Å². The fraction of sp³-hybridized carbons (Fsp3) is 0.111. The van der Waals surface area contributed by atoms with Gasteiger partial charge in [-0.2, -0.15) is 4.90 Å². The van der Waals surface area contributed by atoms with Crippen molar-refractivity contribution < 1.29 is 29.1 Å². The molecule has 2 amide bonds. The first-order valence-electron chi connectivity index (χ1n) is 4.94. The van der Waals surface area contributed by atoms with Crippen LogP contribution in [-0.2, 0) is 14.4 Å². The maximum absolute atomic E-state index is 11.6. The topological polar surface area (TPSA) is 152 Å². The molecule has 1 fully saturated rings. The van der Waals surface area contributed by atoms with Crippen molar-refractivity contribution in [3.05, 3.63) is 23.5 Å². The number of allylic oxidation sites excluding steroid dienone is 2. The third kappa shape index (κ3) is 2.43. The second-order valence-corrected chi connectivity index (χ2v) is 3.49. The van der Waals surface area contributed by atoms with Crippen molar-refractivity contribution in [2.45, 2.75) is 0 Å². The number of carboxylic acid groups (broad SMARTS) is 1. The summed E-state index contributed by atoms with van der Waals surface area (Å²) in [5.41, 5.74) is 6.43. The van der Waals surface area contributed by atoms with E-state index in [1.54, 1.807) is 0 Å². The monoisotopic (exact) mass is 268 g/mol. The van der Waals surface area contributed by atoms with Crippen LogP contribution >= 0.6 is 0 Å². The van der Waals surface area contributed by atoms with Gasteiger partial charge in [0.25, 0.3) is 0 Å². The lowest BCUT2D eigenvalue weighted by Gasteiger charge is -2.20. The van der Waals surface area contributed by atoms with E-state index in [1.165, 1.54) is 0 Å². The standard InChI is InChI=1S/C9H8N4O6/c10-6-4(14)1-2-5(15)7(6)13(8(16)17)9(18)19-12-3-11-12/h1-2,11H,3,10H2,(H,16,17). The molecule has 1 heterocycles. The number of amides is 2. The fourth-order valence-electron chi connectivity index (χ4n) is 1.29. The molecule has 100 valence electrons. The van der Waals surface area contributed by atoms with Gasteiger partial charge in [0, 0.05) is 0 Å². The van der Waals surface area contributed by atoms with Crippen LogP contribution in [0.15, 0.2) is 23.5 Å². The van der Waals surface area contributed by atoms with Gasteiger partial charge in [-0.1, -0.05) is 5.17 Å². The highest BCUT2D eigenvalue weighted by molar-refractivity contribution is 6.21. The summed E-state index contributed by atoms with van der Waals surface area (Å²) in [6.07, 6.45) is -1.45. The predicted octanol–water partition coefficient (Wildman–Crippen LogP) is -1.33. The number of hydrazine groups is 1. The second-order valence-electron chi connectivity index (χ2n) is 3.49. The zero-order valence-corrected chi connectivity index (χ0v) is 9.32. The minimum atomic E-state index is -1.79. The van der Waals surface area contributed by atoms with Gasteiger partial charge < -0.3 is 15.7 Å². The number of rotatable bonds is 2. The van der Waals surface area contributed by atoms with Crippen LogP contribution in [0.5, 0.6) is 0 Å². The SMILES string of the molecule is NC1=C(N(C(=O)O)C(=O)ON2CN2)C(=O)C=CC1=O. The number of carbonyl (C=O) groups is 4. The number of nitrogens with two attached hydrogens (primary N) is 1. The predicted molar refractivity (Wildman–Crippen MR) is 56.6 cm³/mol. The Morgan fingerprint density at radius 3 is 2.47 bits per heavy atom. The van der Waals surface area contributed by atoms with E-state index in [-0.39, 0.29) is 11.6 Å². The lowest BCUT2D eigenvalue weighted by Crippen LogP contribution is -2.42. The molecule has 0 saturated carbocycles. The van der Waals surface area contributed by atoms with Crippen molar-refractivity contribution in [2.24, 2.45) is 5.73 Å². The van der Waals surface area contributed by atoms with Crippen LogP contribution in [0.25, 0.3) is 0 Å². The number of nitrogens with zero attached hydrogens (tertiary/aromatic N) is 2. The number of hydrogen-bond acceptors (Lipinski definition) is 8. The molecule has 0 aromatic carbocycles. The Morgan fingerprint density at radius 1 is 1.37 bits per heavy atom. The number of nitrogens with one attached hydrogen (secondary N) is 1. The van der Waals surface area contributed by atoms with Crippen molar-refractivity contribution in [3.63, 3.8) is 0 Å². The normalized spacial score (nSPS) is 21.4. The fourth-order valence-corrected chi connectivity index (χ4v) is 1.29. The summed E-state index contributed by atoms with van der Waals surface area (Å²) in [6, 6.07) is 0. The summed E-state index contributed by atoms with van der Waals surface area (Å²) in [7, 11) is 0. The zero-order valence-electron chi connectivity index (χ0n) is 9.32. The Bertz CT molecular complexity index is 547. The first kappa shape index (κ1) is 12.7. The minimum absolute atomic E-state index is 0.0148. The van der Waals surface area contributed by atoms with Gasteiger partial charge in [0.05, 0.1) is 0 Å². The molecule has 0 aromatic rings. The number of carbonyl (C=O) groups excluding carboxylic acids is 3. The summed E-state index contributed by atoms with van der Waals surface area (Å²) in [5.74, 6) is -1.64. The maximum Gasteiger partial charge on any atom is 0.444 e. The Morgan fingerprint density at radius 2 is 1.95 bits per heavy atom. The molecule has 4 N–H and O–H groups in total. The summed E-state index contributed by atoms with van der Waals surface area (Å²) in [5, 5.41) is 9.89. The van der Waals surface area contributed by atoms with E-state index in [0.29, 0.717) is 0 Å². The van der Waals surface area contributed by atoms with Crippen molar-refractivity contribution in [1.82, 2.24) is 15.5 Å². The van der Waals surface area contributed by atoms with E-state index in [9.17, 15) is 19.2 Å². The van der Waals surface area contributed by atoms with Crippen LogP contribution in [0.2, 0.25) is 0 Å². The Balaban J connectivity index is 2.34. The molecule has 0 aromatic heterocycles. The van der Waals surface area contributed by atoms with E-state index in [4.69, 9.17) is 10.8 Å². The summed E-state index contributed by atoms with van der Waals surface area (Å²) in [6.45, 7) is 0.223. The molecule has 1 aliphatic heterocycles. The van der Waals surface area contributed by atoms with E-state index in [0.717, 1.165) is 17.3 Å². The van der Waals surface area contributed by atoms with Crippen molar-refractivity contribution in [2.75, 3.05) is 6.67 Å². The van der Waals surface area contributed by atoms with Crippen LogP contribution in [-0.4, -0.2) is 45.6 Å². The number of hydroxylamine groups is 1. The molecule has 10 nitrogen and oxygen atoms in total. The van der Waals surface area contributed by atoms with Crippen molar-refractivity contribution in [3.8, 4) is 0 Å². The number of imide groups is 1. The third-order valence-corrected chi connectivity index (χ3v) is 2.21. The zero-order chi connectivity index (χ0) is 14.2. The number of ketones is 2. The van der Waals surface area contributed by atoms with E-state index in [2.05, 4.69) is 10.3 Å². The molecule has 2 aliphatic rings. The van der Waals surface area contributed by atoms with Gasteiger partial charge >= 0.3 is 12.2 Å². The molecule has 2 rings (SSSR count). The maximum atomic E-state index is 11.6. The molecule has 0 radical (unpaired) electrons.